The first kappa shape index (κ1) is 8.63. The highest BCUT2D eigenvalue weighted by Gasteiger charge is 2.07. The van der Waals surface area contributed by atoms with E-state index in [2.05, 4.69) is 29.2 Å². The number of nitrogens with zero attached hydrogens (tertiary/aromatic N) is 1. The molecule has 0 saturated carbocycles. The lowest BCUT2D eigenvalue weighted by molar-refractivity contribution is 0.976. The van der Waals surface area contributed by atoms with Crippen LogP contribution in [0.3, 0.4) is 0 Å². The maximum atomic E-state index is 4.51. The van der Waals surface area contributed by atoms with Crippen LogP contribution in [-0.4, -0.2) is 16.2 Å². The summed E-state index contributed by atoms with van der Waals surface area (Å²) in [4.78, 5) is 7.82. The number of hydrogen-bond acceptors (Lipinski definition) is 2. The molecule has 1 aromatic carbocycles. The van der Waals surface area contributed by atoms with Crippen LogP contribution in [0, 0.1) is 0 Å². The summed E-state index contributed by atoms with van der Waals surface area (Å²) in [5.41, 5.74) is 2.18. The van der Waals surface area contributed by atoms with E-state index < -0.39 is 0 Å². The minimum atomic E-state index is 0.437. The molecule has 0 aliphatic carbocycles. The number of para-hydroxylation sites is 2. The highest BCUT2D eigenvalue weighted by molar-refractivity contribution is 7.98. The van der Waals surface area contributed by atoms with Gasteiger partial charge in [0.05, 0.1) is 16.3 Å². The van der Waals surface area contributed by atoms with Crippen molar-refractivity contribution < 1.29 is 0 Å². The van der Waals surface area contributed by atoms with Gasteiger partial charge in [-0.3, -0.25) is 0 Å². The van der Waals surface area contributed by atoms with Crippen LogP contribution < -0.4 is 0 Å². The van der Waals surface area contributed by atoms with E-state index in [1.54, 1.807) is 11.8 Å². The van der Waals surface area contributed by atoms with Crippen LogP contribution in [0.1, 0.15) is 18.0 Å². The first-order valence-electron chi connectivity index (χ1n) is 4.28. The molecule has 3 heteroatoms. The van der Waals surface area contributed by atoms with Crippen LogP contribution in [0.4, 0.5) is 0 Å². The number of H-pyrrole nitrogens is 1. The number of benzene rings is 1. The van der Waals surface area contributed by atoms with Crippen LogP contribution in [-0.2, 0) is 0 Å². The summed E-state index contributed by atoms with van der Waals surface area (Å²) in [7, 11) is 0. The molecule has 0 saturated heterocycles. The van der Waals surface area contributed by atoms with Gasteiger partial charge in [-0.2, -0.15) is 11.8 Å². The van der Waals surface area contributed by atoms with Crippen LogP contribution >= 0.6 is 11.8 Å². The Morgan fingerprint density at radius 3 is 2.85 bits per heavy atom. The lowest BCUT2D eigenvalue weighted by Crippen LogP contribution is -1.88. The van der Waals surface area contributed by atoms with Crippen molar-refractivity contribution in [3.8, 4) is 0 Å². The first-order chi connectivity index (χ1) is 6.31. The zero-order chi connectivity index (χ0) is 9.26. The smallest absolute Gasteiger partial charge is 0.120 e. The summed E-state index contributed by atoms with van der Waals surface area (Å²) in [6, 6.07) is 8.12. The fourth-order valence-corrected chi connectivity index (χ4v) is 1.61. The van der Waals surface area contributed by atoms with E-state index in [4.69, 9.17) is 0 Å². The van der Waals surface area contributed by atoms with Crippen molar-refractivity contribution in [1.29, 1.82) is 0 Å². The van der Waals surface area contributed by atoms with E-state index in [1.807, 2.05) is 18.2 Å². The van der Waals surface area contributed by atoms with Crippen LogP contribution in [0.5, 0.6) is 0 Å². The van der Waals surface area contributed by atoms with Crippen molar-refractivity contribution in [3.05, 3.63) is 30.1 Å². The number of aromatic nitrogens is 2. The second-order valence-corrected chi connectivity index (χ2v) is 4.20. The number of imidazole rings is 1. The number of aromatic amines is 1. The van der Waals surface area contributed by atoms with E-state index in [0.717, 1.165) is 16.9 Å². The van der Waals surface area contributed by atoms with Gasteiger partial charge in [0.25, 0.3) is 0 Å². The molecule has 2 aromatic rings. The van der Waals surface area contributed by atoms with Gasteiger partial charge in [-0.15, -0.1) is 0 Å². The Hall–Kier alpha value is -0.960. The van der Waals surface area contributed by atoms with Gasteiger partial charge >= 0.3 is 0 Å². The third-order valence-corrected chi connectivity index (χ3v) is 3.08. The lowest BCUT2D eigenvalue weighted by atomic mass is 10.3. The van der Waals surface area contributed by atoms with Crippen molar-refractivity contribution in [1.82, 2.24) is 9.97 Å². The van der Waals surface area contributed by atoms with Gasteiger partial charge in [-0.05, 0) is 25.3 Å². The molecule has 68 valence electrons. The largest absolute Gasteiger partial charge is 0.341 e. The van der Waals surface area contributed by atoms with E-state index in [9.17, 15) is 0 Å². The fraction of sp³-hybridized carbons (Fsp3) is 0.300. The maximum absolute atomic E-state index is 4.51. The Kier molecular flexibility index (Phi) is 2.27. The standard InChI is InChI=1S/C10H12N2S/c1-7(13-2)10-11-8-5-3-4-6-9(8)12-10/h3-7H,1-2H3,(H,11,12). The highest BCUT2D eigenvalue weighted by atomic mass is 32.2. The van der Waals surface area contributed by atoms with Gasteiger partial charge in [0.15, 0.2) is 0 Å². The molecule has 0 aliphatic rings. The zero-order valence-corrected chi connectivity index (χ0v) is 8.56. The van der Waals surface area contributed by atoms with Crippen molar-refractivity contribution in [2.24, 2.45) is 0 Å². The molecule has 1 unspecified atom stereocenters. The fourth-order valence-electron chi connectivity index (χ4n) is 1.28. The molecule has 2 nitrogen and oxygen atoms in total. The Morgan fingerprint density at radius 2 is 2.15 bits per heavy atom. The predicted octanol–water partition coefficient (Wildman–Crippen LogP) is 2.99. The van der Waals surface area contributed by atoms with Crippen molar-refractivity contribution in [2.75, 3.05) is 6.26 Å². The summed E-state index contributed by atoms with van der Waals surface area (Å²) in [5, 5.41) is 0.437. The van der Waals surface area contributed by atoms with Gasteiger partial charge in [0.2, 0.25) is 0 Å². The molecule has 1 N–H and O–H groups in total. The van der Waals surface area contributed by atoms with Crippen LogP contribution in [0.2, 0.25) is 0 Å². The Bertz CT molecular complexity index is 375. The molecule has 0 spiro atoms. The molecule has 1 heterocycles. The minimum absolute atomic E-state index is 0.437. The summed E-state index contributed by atoms with van der Waals surface area (Å²) < 4.78 is 0. The molecular weight excluding hydrogens is 180 g/mol. The van der Waals surface area contributed by atoms with E-state index in [1.165, 1.54) is 0 Å². The van der Waals surface area contributed by atoms with Gasteiger partial charge in [0, 0.05) is 0 Å². The second kappa shape index (κ2) is 3.42. The molecule has 0 radical (unpaired) electrons. The molecule has 13 heavy (non-hydrogen) atoms. The van der Waals surface area contributed by atoms with Crippen LogP contribution in [0.15, 0.2) is 24.3 Å². The molecule has 1 atom stereocenters. The summed E-state index contributed by atoms with van der Waals surface area (Å²) in [5.74, 6) is 1.06. The predicted molar refractivity (Wildman–Crippen MR) is 58.0 cm³/mol. The monoisotopic (exact) mass is 192 g/mol. The Morgan fingerprint density at radius 1 is 1.38 bits per heavy atom. The third kappa shape index (κ3) is 1.56. The second-order valence-electron chi connectivity index (χ2n) is 3.02. The molecule has 0 aliphatic heterocycles. The number of rotatable bonds is 2. The first-order valence-corrected chi connectivity index (χ1v) is 5.57. The Balaban J connectivity index is 2.49. The summed E-state index contributed by atoms with van der Waals surface area (Å²) in [6.07, 6.45) is 2.10. The van der Waals surface area contributed by atoms with Gasteiger partial charge in [-0.25, -0.2) is 4.98 Å². The molecule has 0 fully saturated rings. The number of thioether (sulfide) groups is 1. The van der Waals surface area contributed by atoms with E-state index >= 15 is 0 Å². The van der Waals surface area contributed by atoms with E-state index in [-0.39, 0.29) is 0 Å². The molecule has 1 aromatic heterocycles. The molecular formula is C10H12N2S. The summed E-state index contributed by atoms with van der Waals surface area (Å²) >= 11 is 1.80. The highest BCUT2D eigenvalue weighted by Crippen LogP contribution is 2.24. The molecule has 0 amide bonds. The topological polar surface area (TPSA) is 28.7 Å². The summed E-state index contributed by atoms with van der Waals surface area (Å²) in [6.45, 7) is 2.16. The quantitative estimate of drug-likeness (QED) is 0.792. The van der Waals surface area contributed by atoms with Gasteiger partial charge in [0.1, 0.15) is 5.82 Å². The normalized spacial score (nSPS) is 13.4. The number of fused-ring (bicyclic) bond motifs is 1. The number of hydrogen-bond donors (Lipinski definition) is 1. The average Bonchev–Trinajstić information content (AvgIpc) is 2.59. The number of nitrogens with one attached hydrogen (secondary N) is 1. The zero-order valence-electron chi connectivity index (χ0n) is 7.74. The third-order valence-electron chi connectivity index (χ3n) is 2.15. The molecule has 0 bridgehead atoms. The minimum Gasteiger partial charge on any atom is -0.341 e. The maximum Gasteiger partial charge on any atom is 0.120 e. The molecule has 2 rings (SSSR count). The van der Waals surface area contributed by atoms with Crippen LogP contribution in [0.25, 0.3) is 11.0 Å². The van der Waals surface area contributed by atoms with E-state index in [0.29, 0.717) is 5.25 Å². The average molecular weight is 192 g/mol. The van der Waals surface area contributed by atoms with Gasteiger partial charge < -0.3 is 4.98 Å². The van der Waals surface area contributed by atoms with Crippen molar-refractivity contribution >= 4 is 22.8 Å². The Labute approximate surface area is 81.8 Å². The van der Waals surface area contributed by atoms with Crippen molar-refractivity contribution in [3.63, 3.8) is 0 Å². The van der Waals surface area contributed by atoms with Crippen molar-refractivity contribution in [2.45, 2.75) is 12.2 Å². The van der Waals surface area contributed by atoms with Gasteiger partial charge in [-0.1, -0.05) is 12.1 Å². The lowest BCUT2D eigenvalue weighted by Gasteiger charge is -2.01. The SMILES string of the molecule is CSC(C)c1nc2ccccc2[nH]1.